The third kappa shape index (κ3) is 9.53. The Hall–Kier alpha value is -0.461. The van der Waals surface area contributed by atoms with E-state index in [1.165, 1.54) is 34.6 Å². The monoisotopic (exact) mass is 423 g/mol. The first-order valence-corrected chi connectivity index (χ1v) is 13.7. The van der Waals surface area contributed by atoms with E-state index in [9.17, 15) is 8.78 Å². The standard InChI is InChI=1S/C6H5F2N2O.2C4H9.C2H6.Sn/c7-6(8)3-11-5-1-9-4-10-2-5;2*1-3-4-2;1-2;/h1-2,6H,3H2;2*1,3-4H2,2H3;1-2H3;. The summed E-state index contributed by atoms with van der Waals surface area (Å²) in [6.07, 6.45) is 5.51. The molecule has 22 heavy (non-hydrogen) atoms. The zero-order valence-electron chi connectivity index (χ0n) is 14.2. The van der Waals surface area contributed by atoms with Crippen LogP contribution in [-0.4, -0.2) is 42.8 Å². The minimum atomic E-state index is -2.46. The number of hydrogen-bond acceptors (Lipinski definition) is 3. The second-order valence-corrected chi connectivity index (χ2v) is 12.3. The number of unbranched alkanes of at least 4 members (excludes halogenated alkanes) is 2. The van der Waals surface area contributed by atoms with Crippen molar-refractivity contribution in [3.05, 3.63) is 12.4 Å². The van der Waals surface area contributed by atoms with E-state index in [1.807, 2.05) is 13.8 Å². The minimum absolute atomic E-state index is 0.336. The predicted molar refractivity (Wildman–Crippen MR) is 89.7 cm³/mol. The third-order valence-corrected chi connectivity index (χ3v) is 11.0. The summed E-state index contributed by atoms with van der Waals surface area (Å²) in [4.78, 5) is 8.74. The quantitative estimate of drug-likeness (QED) is 0.523. The molecule has 3 nitrogen and oxygen atoms in total. The molecule has 0 saturated heterocycles. The number of aromatic nitrogens is 2. The molecule has 0 aliphatic carbocycles. The van der Waals surface area contributed by atoms with Crippen LogP contribution in [0.1, 0.15) is 53.4 Å². The molecular formula is C16H29F2N2OSn. The summed E-state index contributed by atoms with van der Waals surface area (Å²) in [6.45, 7) is 7.80. The molecule has 0 spiro atoms. The summed E-state index contributed by atoms with van der Waals surface area (Å²) < 4.78 is 32.6. The maximum absolute atomic E-state index is 12.1. The Morgan fingerprint density at radius 2 is 1.55 bits per heavy atom. The Labute approximate surface area is 140 Å². The van der Waals surface area contributed by atoms with E-state index in [4.69, 9.17) is 4.74 Å². The molecule has 1 rings (SSSR count). The first-order chi connectivity index (χ1) is 10.7. The maximum atomic E-state index is 12.1. The van der Waals surface area contributed by atoms with Crippen molar-refractivity contribution in [2.45, 2.75) is 68.7 Å². The number of nitrogens with zero attached hydrogens (tertiary/aromatic N) is 2. The Kier molecular flexibility index (Phi) is 13.9. The van der Waals surface area contributed by atoms with Gasteiger partial charge in [-0.15, -0.1) is 0 Å². The average Bonchev–Trinajstić information content (AvgIpc) is 2.55. The van der Waals surface area contributed by atoms with Crippen molar-refractivity contribution in [2.24, 2.45) is 0 Å². The number of alkyl halides is 2. The van der Waals surface area contributed by atoms with Crippen molar-refractivity contribution >= 4 is 23.6 Å². The molecule has 0 atom stereocenters. The van der Waals surface area contributed by atoms with E-state index in [0.29, 0.717) is 5.75 Å². The molecule has 1 radical (unpaired) electrons. The molecule has 0 aliphatic rings. The fourth-order valence-electron chi connectivity index (χ4n) is 1.86. The van der Waals surface area contributed by atoms with Gasteiger partial charge in [0.15, 0.2) is 0 Å². The van der Waals surface area contributed by atoms with Crippen molar-refractivity contribution in [2.75, 3.05) is 6.61 Å². The Balaban J connectivity index is 0.00000211. The third-order valence-electron chi connectivity index (χ3n) is 2.98. The number of halogens is 2. The summed E-state index contributed by atoms with van der Waals surface area (Å²) in [5, 5.41) is 0. The molecule has 0 aromatic carbocycles. The van der Waals surface area contributed by atoms with Crippen molar-refractivity contribution < 1.29 is 13.5 Å². The normalized spacial score (nSPS) is 10.5. The second-order valence-electron chi connectivity index (χ2n) is 4.76. The van der Waals surface area contributed by atoms with Gasteiger partial charge in [-0.3, -0.25) is 0 Å². The molecular weight excluding hydrogens is 393 g/mol. The van der Waals surface area contributed by atoms with Crippen LogP contribution >= 0.6 is 0 Å². The molecule has 0 saturated carbocycles. The van der Waals surface area contributed by atoms with Crippen molar-refractivity contribution in [3.63, 3.8) is 0 Å². The van der Waals surface area contributed by atoms with Gasteiger partial charge in [-0.2, -0.15) is 0 Å². The van der Waals surface area contributed by atoms with Crippen LogP contribution in [0.3, 0.4) is 0 Å². The van der Waals surface area contributed by atoms with Crippen LogP contribution < -0.4 is 8.58 Å². The molecule has 0 unspecified atom stereocenters. The molecule has 0 bridgehead atoms. The zero-order chi connectivity index (χ0) is 16.8. The molecule has 1 heterocycles. The van der Waals surface area contributed by atoms with Gasteiger partial charge in [0.2, 0.25) is 0 Å². The number of ether oxygens (including phenoxy) is 1. The SMILES string of the molecule is CC.CCC[CH2][Sn]([CH2]CCC)[c]1ncc(OCC(F)F)cn1. The van der Waals surface area contributed by atoms with Gasteiger partial charge in [-0.05, 0) is 0 Å². The topological polar surface area (TPSA) is 35.0 Å². The summed E-state index contributed by atoms with van der Waals surface area (Å²) in [7, 11) is 0. The Morgan fingerprint density at radius 3 is 1.95 bits per heavy atom. The van der Waals surface area contributed by atoms with Gasteiger partial charge in [-0.1, -0.05) is 13.8 Å². The predicted octanol–water partition coefficient (Wildman–Crippen LogP) is 4.45. The van der Waals surface area contributed by atoms with Gasteiger partial charge >= 0.3 is 127 Å². The summed E-state index contributed by atoms with van der Waals surface area (Å²) >= 11 is -1.73. The van der Waals surface area contributed by atoms with Crippen molar-refractivity contribution in [3.8, 4) is 5.75 Å². The number of hydrogen-bond donors (Lipinski definition) is 0. The summed E-state index contributed by atoms with van der Waals surface area (Å²) in [6, 6.07) is 0. The van der Waals surface area contributed by atoms with Crippen LogP contribution in [0.2, 0.25) is 8.87 Å². The molecule has 0 N–H and O–H groups in total. The Bertz CT molecular complexity index is 356. The van der Waals surface area contributed by atoms with Crippen LogP contribution in [0, 0.1) is 0 Å². The van der Waals surface area contributed by atoms with E-state index >= 15 is 0 Å². The van der Waals surface area contributed by atoms with Gasteiger partial charge in [-0.25, -0.2) is 0 Å². The van der Waals surface area contributed by atoms with Crippen LogP contribution in [0.4, 0.5) is 8.78 Å². The van der Waals surface area contributed by atoms with E-state index in [0.717, 1.165) is 3.84 Å². The fourth-order valence-corrected chi connectivity index (χ4v) is 9.72. The van der Waals surface area contributed by atoms with Gasteiger partial charge in [0, 0.05) is 0 Å². The van der Waals surface area contributed by atoms with Crippen LogP contribution in [-0.2, 0) is 0 Å². The molecule has 0 aliphatic heterocycles. The molecule has 6 heteroatoms. The van der Waals surface area contributed by atoms with Crippen LogP contribution in [0.5, 0.6) is 5.75 Å². The summed E-state index contributed by atoms with van der Waals surface area (Å²) in [5.41, 5.74) is 0. The molecule has 0 fully saturated rings. The van der Waals surface area contributed by atoms with Gasteiger partial charge in [0.1, 0.15) is 0 Å². The first-order valence-electron chi connectivity index (χ1n) is 8.25. The fraction of sp³-hybridized carbons (Fsp3) is 0.750. The first kappa shape index (κ1) is 21.5. The van der Waals surface area contributed by atoms with Crippen LogP contribution in [0.15, 0.2) is 12.4 Å². The van der Waals surface area contributed by atoms with Crippen molar-refractivity contribution in [1.29, 1.82) is 0 Å². The molecule has 0 amide bonds. The van der Waals surface area contributed by atoms with E-state index in [1.54, 1.807) is 12.4 Å². The van der Waals surface area contributed by atoms with Crippen LogP contribution in [0.25, 0.3) is 0 Å². The molecule has 127 valence electrons. The van der Waals surface area contributed by atoms with Gasteiger partial charge in [0.05, 0.1) is 0 Å². The number of rotatable bonds is 10. The van der Waals surface area contributed by atoms with E-state index in [-0.39, 0.29) is 0 Å². The Morgan fingerprint density at radius 1 is 1.05 bits per heavy atom. The second kappa shape index (κ2) is 14.2. The van der Waals surface area contributed by atoms with E-state index < -0.39 is 32.8 Å². The van der Waals surface area contributed by atoms with Gasteiger partial charge in [0.25, 0.3) is 0 Å². The zero-order valence-corrected chi connectivity index (χ0v) is 17.1. The van der Waals surface area contributed by atoms with Gasteiger partial charge < -0.3 is 0 Å². The molecule has 1 aromatic rings. The summed E-state index contributed by atoms with van der Waals surface area (Å²) in [5.74, 6) is 0.336. The molecule has 1 aromatic heterocycles. The van der Waals surface area contributed by atoms with E-state index in [2.05, 4.69) is 23.8 Å². The van der Waals surface area contributed by atoms with Crippen molar-refractivity contribution in [1.82, 2.24) is 9.97 Å². The average molecular weight is 422 g/mol.